The number of aryl methyl sites for hydroxylation is 1. The van der Waals surface area contributed by atoms with Gasteiger partial charge in [0, 0.05) is 37.6 Å². The van der Waals surface area contributed by atoms with E-state index in [2.05, 4.69) is 76.6 Å². The van der Waals surface area contributed by atoms with Crippen molar-refractivity contribution in [3.05, 3.63) is 60.2 Å². The lowest BCUT2D eigenvalue weighted by Crippen LogP contribution is -2.38. The maximum atomic E-state index is 12.4. The van der Waals surface area contributed by atoms with Crippen molar-refractivity contribution < 1.29 is 4.79 Å². The van der Waals surface area contributed by atoms with Crippen LogP contribution in [0.25, 0.3) is 0 Å². The van der Waals surface area contributed by atoms with Crippen LogP contribution in [0.4, 0.5) is 11.4 Å². The molecule has 28 heavy (non-hydrogen) atoms. The van der Waals surface area contributed by atoms with Gasteiger partial charge in [-0.1, -0.05) is 36.4 Å². The molecule has 0 saturated carbocycles. The van der Waals surface area contributed by atoms with Gasteiger partial charge < -0.3 is 15.1 Å². The van der Waals surface area contributed by atoms with Gasteiger partial charge in [0.05, 0.1) is 6.54 Å². The van der Waals surface area contributed by atoms with Crippen LogP contribution in [0.1, 0.15) is 38.2 Å². The van der Waals surface area contributed by atoms with Gasteiger partial charge in [-0.05, 0) is 62.8 Å². The van der Waals surface area contributed by atoms with Crippen molar-refractivity contribution in [1.29, 1.82) is 0 Å². The Hall–Kier alpha value is -2.49. The second-order valence-electron chi connectivity index (χ2n) is 7.48. The maximum Gasteiger partial charge on any atom is 0.239 e. The number of anilines is 2. The van der Waals surface area contributed by atoms with Crippen molar-refractivity contribution in [3.8, 4) is 0 Å². The molecule has 0 radical (unpaired) electrons. The van der Waals surface area contributed by atoms with Crippen LogP contribution in [-0.4, -0.2) is 38.6 Å². The zero-order chi connectivity index (χ0) is 19.6. The average Bonchev–Trinajstić information content (AvgIpc) is 2.94. The zero-order valence-electron chi connectivity index (χ0n) is 17.1. The van der Waals surface area contributed by atoms with Gasteiger partial charge in [0.1, 0.15) is 0 Å². The highest BCUT2D eigenvalue weighted by molar-refractivity contribution is 5.81. The lowest BCUT2D eigenvalue weighted by Gasteiger charge is -2.24. The molecule has 2 aromatic carbocycles. The van der Waals surface area contributed by atoms with Crippen molar-refractivity contribution in [3.63, 3.8) is 0 Å². The summed E-state index contributed by atoms with van der Waals surface area (Å²) in [5.74, 6) is 0.132. The molecule has 0 saturated heterocycles. The first-order valence-electron chi connectivity index (χ1n) is 10.7. The number of nitrogens with zero attached hydrogens (tertiary/aromatic N) is 2. The van der Waals surface area contributed by atoms with Gasteiger partial charge in [0.15, 0.2) is 0 Å². The van der Waals surface area contributed by atoms with E-state index in [4.69, 9.17) is 0 Å². The fourth-order valence-electron chi connectivity index (χ4n) is 3.93. The summed E-state index contributed by atoms with van der Waals surface area (Å²) in [6.45, 7) is 6.39. The normalized spacial score (nSPS) is 13.5. The first kappa shape index (κ1) is 20.2. The van der Waals surface area contributed by atoms with Gasteiger partial charge in [-0.2, -0.15) is 0 Å². The number of para-hydroxylation sites is 2. The van der Waals surface area contributed by atoms with E-state index < -0.39 is 0 Å². The minimum absolute atomic E-state index is 0.132. The SMILES string of the molecule is CCN(CCCCNC(=O)CN1CCCCc2ccccc21)c1ccccc1. The Morgan fingerprint density at radius 1 is 1.04 bits per heavy atom. The highest BCUT2D eigenvalue weighted by atomic mass is 16.2. The monoisotopic (exact) mass is 379 g/mol. The molecule has 0 bridgehead atoms. The van der Waals surface area contributed by atoms with E-state index in [1.807, 2.05) is 0 Å². The lowest BCUT2D eigenvalue weighted by molar-refractivity contribution is -0.119. The van der Waals surface area contributed by atoms with Crippen molar-refractivity contribution in [1.82, 2.24) is 5.32 Å². The Bertz CT molecular complexity index is 732. The standard InChI is InChI=1S/C24H33N3O/c1-2-26(22-14-4-3-5-15-22)18-11-9-17-25-24(28)20-27-19-10-8-13-21-12-6-7-16-23(21)27/h3-7,12,14-16H,2,8-11,13,17-20H2,1H3,(H,25,28). The molecule has 1 aliphatic rings. The van der Waals surface area contributed by atoms with Crippen LogP contribution < -0.4 is 15.1 Å². The van der Waals surface area contributed by atoms with Gasteiger partial charge in [-0.3, -0.25) is 4.79 Å². The van der Waals surface area contributed by atoms with Gasteiger partial charge in [-0.15, -0.1) is 0 Å². The highest BCUT2D eigenvalue weighted by Gasteiger charge is 2.17. The van der Waals surface area contributed by atoms with Crippen LogP contribution in [0.5, 0.6) is 0 Å². The molecule has 3 rings (SSSR count). The summed E-state index contributed by atoms with van der Waals surface area (Å²) in [6.07, 6.45) is 5.55. The molecule has 0 fully saturated rings. The van der Waals surface area contributed by atoms with E-state index in [9.17, 15) is 4.79 Å². The molecule has 1 heterocycles. The minimum atomic E-state index is 0.132. The number of amides is 1. The first-order valence-corrected chi connectivity index (χ1v) is 10.7. The van der Waals surface area contributed by atoms with E-state index in [1.54, 1.807) is 0 Å². The van der Waals surface area contributed by atoms with Gasteiger partial charge in [0.25, 0.3) is 0 Å². The molecule has 0 unspecified atom stereocenters. The van der Waals surface area contributed by atoms with Crippen LogP contribution >= 0.6 is 0 Å². The third-order valence-corrected chi connectivity index (χ3v) is 5.47. The Morgan fingerprint density at radius 3 is 2.64 bits per heavy atom. The number of carbonyl (C=O) groups is 1. The summed E-state index contributed by atoms with van der Waals surface area (Å²) in [5, 5.41) is 3.11. The van der Waals surface area contributed by atoms with Gasteiger partial charge in [-0.25, -0.2) is 0 Å². The van der Waals surface area contributed by atoms with Gasteiger partial charge in [0.2, 0.25) is 5.91 Å². The summed E-state index contributed by atoms with van der Waals surface area (Å²) in [7, 11) is 0. The molecule has 1 aliphatic heterocycles. The third-order valence-electron chi connectivity index (χ3n) is 5.47. The van der Waals surface area contributed by atoms with Crippen LogP contribution in [0, 0.1) is 0 Å². The van der Waals surface area contributed by atoms with Crippen LogP contribution in [0.2, 0.25) is 0 Å². The molecule has 4 heteroatoms. The molecule has 1 N–H and O–H groups in total. The van der Waals surface area contributed by atoms with Crippen molar-refractivity contribution in [2.24, 2.45) is 0 Å². The Kier molecular flexibility index (Phi) is 7.77. The molecule has 1 amide bonds. The Balaban J connectivity index is 1.39. The van der Waals surface area contributed by atoms with Crippen molar-refractivity contribution >= 4 is 17.3 Å². The number of fused-ring (bicyclic) bond motifs is 1. The van der Waals surface area contributed by atoms with E-state index in [0.29, 0.717) is 6.54 Å². The topological polar surface area (TPSA) is 35.6 Å². The Labute approximate surface area is 169 Å². The first-order chi connectivity index (χ1) is 13.8. The number of hydrogen-bond donors (Lipinski definition) is 1. The van der Waals surface area contributed by atoms with E-state index in [1.165, 1.54) is 23.4 Å². The summed E-state index contributed by atoms with van der Waals surface area (Å²) < 4.78 is 0. The van der Waals surface area contributed by atoms with Crippen molar-refractivity contribution in [2.45, 2.75) is 39.0 Å². The zero-order valence-corrected chi connectivity index (χ0v) is 17.1. The fourth-order valence-corrected chi connectivity index (χ4v) is 3.93. The van der Waals surface area contributed by atoms with E-state index in [0.717, 1.165) is 51.9 Å². The summed E-state index contributed by atoms with van der Waals surface area (Å²) in [5.41, 5.74) is 3.87. The molecule has 4 nitrogen and oxygen atoms in total. The summed E-state index contributed by atoms with van der Waals surface area (Å²) >= 11 is 0. The maximum absolute atomic E-state index is 12.4. The fraction of sp³-hybridized carbons (Fsp3) is 0.458. The smallest absolute Gasteiger partial charge is 0.239 e. The predicted octanol–water partition coefficient (Wildman–Crippen LogP) is 4.25. The van der Waals surface area contributed by atoms with Crippen LogP contribution in [-0.2, 0) is 11.2 Å². The average molecular weight is 380 g/mol. The van der Waals surface area contributed by atoms with E-state index in [-0.39, 0.29) is 5.91 Å². The second-order valence-corrected chi connectivity index (χ2v) is 7.48. The molecule has 0 aromatic heterocycles. The van der Waals surface area contributed by atoms with E-state index >= 15 is 0 Å². The number of rotatable bonds is 9. The highest BCUT2D eigenvalue weighted by Crippen LogP contribution is 2.25. The minimum Gasteiger partial charge on any atom is -0.372 e. The molecule has 150 valence electrons. The molecule has 0 aliphatic carbocycles. The van der Waals surface area contributed by atoms with Crippen LogP contribution in [0.3, 0.4) is 0 Å². The lowest BCUT2D eigenvalue weighted by atomic mass is 10.1. The number of unbranched alkanes of at least 4 members (excludes halogenated alkanes) is 1. The molecular weight excluding hydrogens is 346 g/mol. The molecule has 0 atom stereocenters. The van der Waals surface area contributed by atoms with Crippen molar-refractivity contribution in [2.75, 3.05) is 42.5 Å². The Morgan fingerprint density at radius 2 is 1.82 bits per heavy atom. The number of benzene rings is 2. The third kappa shape index (κ3) is 5.75. The number of hydrogen-bond acceptors (Lipinski definition) is 3. The number of nitrogens with one attached hydrogen (secondary N) is 1. The summed E-state index contributed by atoms with van der Waals surface area (Å²) in [4.78, 5) is 17.1. The molecular formula is C24H33N3O. The summed E-state index contributed by atoms with van der Waals surface area (Å²) in [6, 6.07) is 19.0. The largest absolute Gasteiger partial charge is 0.372 e. The quantitative estimate of drug-likeness (QED) is 0.662. The molecule has 2 aromatic rings. The van der Waals surface area contributed by atoms with Crippen LogP contribution in [0.15, 0.2) is 54.6 Å². The van der Waals surface area contributed by atoms with Gasteiger partial charge >= 0.3 is 0 Å². The molecule has 0 spiro atoms. The second kappa shape index (κ2) is 10.7. The predicted molar refractivity (Wildman–Crippen MR) is 118 cm³/mol. The number of carbonyl (C=O) groups excluding carboxylic acids is 1.